The highest BCUT2D eigenvalue weighted by molar-refractivity contribution is 7.13. The van der Waals surface area contributed by atoms with E-state index in [-0.39, 0.29) is 0 Å². The quantitative estimate of drug-likeness (QED) is 0.0481. The topological polar surface area (TPSA) is 209 Å². The zero-order valence-electron chi connectivity index (χ0n) is 53.3. The summed E-state index contributed by atoms with van der Waals surface area (Å²) >= 11 is 1.46. The Morgan fingerprint density at radius 2 is 0.776 bits per heavy atom. The minimum absolute atomic E-state index is 0.511. The Bertz CT molecular complexity index is 4960. The molecule has 16 rings (SSSR count). The van der Waals surface area contributed by atoms with Crippen LogP contribution in [0.1, 0.15) is 22.3 Å². The smallest absolute Gasteiger partial charge is 0.164 e. The first-order valence-corrected chi connectivity index (χ1v) is 32.3. The van der Waals surface area contributed by atoms with E-state index in [4.69, 9.17) is 18.9 Å². The molecule has 98 heavy (non-hydrogen) atoms. The Morgan fingerprint density at radius 1 is 0.357 bits per heavy atom. The molecule has 0 bridgehead atoms. The van der Waals surface area contributed by atoms with Crippen molar-refractivity contribution < 1.29 is 18.9 Å². The molecule has 0 saturated heterocycles. The number of fused-ring (bicyclic) bond motifs is 4. The highest BCUT2D eigenvalue weighted by atomic mass is 32.1. The van der Waals surface area contributed by atoms with Crippen molar-refractivity contribution in [1.29, 1.82) is 0 Å². The maximum atomic E-state index is 6.09. The molecule has 0 aliphatic rings. The zero-order chi connectivity index (χ0) is 66.3. The van der Waals surface area contributed by atoms with Gasteiger partial charge in [-0.25, -0.2) is 4.98 Å². The lowest BCUT2D eigenvalue weighted by Gasteiger charge is -2.13. The van der Waals surface area contributed by atoms with Gasteiger partial charge in [-0.05, 0) is 136 Å². The number of anilines is 8. The molecular formula is C79H66N14O4S. The number of ether oxygens (including phenoxy) is 4. The van der Waals surface area contributed by atoms with Crippen LogP contribution in [-0.2, 0) is 33.5 Å². The first-order chi connectivity index (χ1) is 48.5. The molecule has 8 heterocycles. The summed E-state index contributed by atoms with van der Waals surface area (Å²) in [7, 11) is 1.93. The summed E-state index contributed by atoms with van der Waals surface area (Å²) in [5.41, 5.74) is 10.0. The first kappa shape index (κ1) is 63.7. The van der Waals surface area contributed by atoms with Gasteiger partial charge in [0, 0.05) is 38.0 Å². The fourth-order valence-corrected chi connectivity index (χ4v) is 11.3. The van der Waals surface area contributed by atoms with Gasteiger partial charge in [-0.1, -0.05) is 152 Å². The number of aromatic nitrogens is 10. The minimum atomic E-state index is 0.511. The Morgan fingerprint density at radius 3 is 1.27 bits per heavy atom. The minimum Gasteiger partial charge on any atom is -0.488 e. The van der Waals surface area contributed by atoms with Crippen molar-refractivity contribution in [2.75, 3.05) is 21.3 Å². The van der Waals surface area contributed by atoms with Crippen LogP contribution < -0.4 is 40.2 Å². The number of nitrogens with one attached hydrogen (secondary N) is 5. The van der Waals surface area contributed by atoms with Gasteiger partial charge in [0.15, 0.2) is 17.5 Å². The predicted octanol–water partition coefficient (Wildman–Crippen LogP) is 18.5. The molecule has 8 aromatic heterocycles. The zero-order valence-corrected chi connectivity index (χ0v) is 54.1. The van der Waals surface area contributed by atoms with E-state index < -0.39 is 0 Å². The van der Waals surface area contributed by atoms with Gasteiger partial charge in [-0.2, -0.15) is 14.6 Å². The fraction of sp³-hybridized carbons (Fsp3) is 0.0633. The van der Waals surface area contributed by atoms with Gasteiger partial charge in [-0.3, -0.25) is 29.7 Å². The number of rotatable bonds is 20. The van der Waals surface area contributed by atoms with Crippen LogP contribution in [0.4, 0.5) is 46.0 Å². The van der Waals surface area contributed by atoms with Gasteiger partial charge < -0.3 is 40.2 Å². The van der Waals surface area contributed by atoms with Crippen LogP contribution in [0.2, 0.25) is 0 Å². The Hall–Kier alpha value is -13.0. The van der Waals surface area contributed by atoms with E-state index in [0.717, 1.165) is 134 Å². The monoisotopic (exact) mass is 1310 g/mol. The van der Waals surface area contributed by atoms with Crippen molar-refractivity contribution >= 4 is 100 Å². The molecule has 16 aromatic rings. The van der Waals surface area contributed by atoms with E-state index in [1.165, 1.54) is 11.5 Å². The standard InChI is InChI=1S/C21H17N3O.C20H18N4O.C19H16N4O.C19H15N3OS/c1-2-6-16(7-3-1)15-25-19-10-4-8-17-11-13-23-21(20(17)19)24-18-9-5-12-22-14-18;1-24-17-10-5-11-18(25-14-15-7-3-2-4-8-15)19(17)20(23-24)22-16-9-6-12-21-13-16;1-2-6-14(7-3-1)13-24-17-10-4-9-16-18(17)19(23-22-16)21-15-8-5-11-20-12-15;1-2-6-14(7-3-1)13-23-16-9-4-10-17-18(16)19(22-24-17)21-15-8-5-11-20-12-15/h1-14H,15H2,(H,23,24);2-13H,14H2,1H3,(H,22,23);1-12H,13H2,(H2,21,22,23);1-12H,13H2,(H,21,22). The molecule has 0 spiro atoms. The second-order valence-corrected chi connectivity index (χ2v) is 22.9. The van der Waals surface area contributed by atoms with Crippen molar-refractivity contribution in [3.8, 4) is 23.0 Å². The third-order valence-electron chi connectivity index (χ3n) is 15.2. The molecule has 0 radical (unpaired) electrons. The van der Waals surface area contributed by atoms with Crippen LogP contribution in [0.25, 0.3) is 42.7 Å². The maximum absolute atomic E-state index is 6.09. The highest BCUT2D eigenvalue weighted by Crippen LogP contribution is 2.39. The van der Waals surface area contributed by atoms with Crippen LogP contribution in [-0.4, -0.2) is 49.3 Å². The second-order valence-electron chi connectivity index (χ2n) is 22.1. The van der Waals surface area contributed by atoms with E-state index in [1.807, 2.05) is 212 Å². The van der Waals surface area contributed by atoms with Crippen molar-refractivity contribution in [3.05, 3.63) is 327 Å². The number of H-pyrrole nitrogens is 1. The van der Waals surface area contributed by atoms with Gasteiger partial charge >= 0.3 is 0 Å². The summed E-state index contributed by atoms with van der Waals surface area (Å²) in [4.78, 5) is 21.0. The summed E-state index contributed by atoms with van der Waals surface area (Å²) in [6.07, 6.45) is 15.9. The molecule has 8 aromatic carbocycles. The van der Waals surface area contributed by atoms with E-state index >= 15 is 0 Å². The summed E-state index contributed by atoms with van der Waals surface area (Å²) in [5, 5.41) is 30.2. The number of aromatic amines is 1. The highest BCUT2D eigenvalue weighted by Gasteiger charge is 2.17. The average molecular weight is 1310 g/mol. The lowest BCUT2D eigenvalue weighted by molar-refractivity contribution is 0.310. The third-order valence-corrected chi connectivity index (χ3v) is 16.1. The SMILES string of the molecule is Cn1nc(Nc2cccnc2)c2c(OCc3ccccc3)cccc21.c1ccc(COc2cccc3[nH]nc(Nc4cccnc4)c23)cc1.c1ccc(COc2cccc3ccnc(Nc4cccnc4)c23)cc1.c1ccc(COc2cccc3snc(Nc4cccnc4)c23)cc1. The average Bonchev–Trinajstić information content (AvgIpc) is 1.83. The molecule has 482 valence electrons. The van der Waals surface area contributed by atoms with Gasteiger partial charge in [0.1, 0.15) is 55.2 Å². The van der Waals surface area contributed by atoms with Crippen LogP contribution in [0.3, 0.4) is 0 Å². The molecule has 5 N–H and O–H groups in total. The van der Waals surface area contributed by atoms with E-state index in [0.29, 0.717) is 26.4 Å². The molecule has 0 fully saturated rings. The number of benzene rings is 8. The Labute approximate surface area is 569 Å². The number of hydrogen-bond acceptors (Lipinski definition) is 17. The number of hydrogen-bond donors (Lipinski definition) is 5. The lowest BCUT2D eigenvalue weighted by Crippen LogP contribution is -1.99. The Kier molecular flexibility index (Phi) is 21.0. The van der Waals surface area contributed by atoms with E-state index in [9.17, 15) is 0 Å². The molecule has 0 saturated carbocycles. The molecule has 0 atom stereocenters. The van der Waals surface area contributed by atoms with Gasteiger partial charge in [0.05, 0.1) is 84.8 Å². The van der Waals surface area contributed by atoms with Gasteiger partial charge in [0.2, 0.25) is 0 Å². The van der Waals surface area contributed by atoms with Crippen LogP contribution in [0, 0.1) is 0 Å². The van der Waals surface area contributed by atoms with Gasteiger partial charge in [0.25, 0.3) is 0 Å². The second kappa shape index (κ2) is 32.2. The van der Waals surface area contributed by atoms with E-state index in [2.05, 4.69) is 114 Å². The molecule has 0 unspecified atom stereocenters. The Balaban J connectivity index is 0.000000118. The fourth-order valence-electron chi connectivity index (χ4n) is 10.6. The normalized spacial score (nSPS) is 10.7. The summed E-state index contributed by atoms with van der Waals surface area (Å²) in [5.74, 6) is 6.27. The van der Waals surface area contributed by atoms with Crippen molar-refractivity contribution in [3.63, 3.8) is 0 Å². The molecule has 18 nitrogen and oxygen atoms in total. The summed E-state index contributed by atoms with van der Waals surface area (Å²) < 4.78 is 31.7. The lowest BCUT2D eigenvalue weighted by atomic mass is 10.1. The first-order valence-electron chi connectivity index (χ1n) is 31.6. The van der Waals surface area contributed by atoms with Gasteiger partial charge in [-0.15, -0.1) is 0 Å². The summed E-state index contributed by atoms with van der Waals surface area (Å²) in [6, 6.07) is 81.8. The van der Waals surface area contributed by atoms with E-state index in [1.54, 1.807) is 55.8 Å². The van der Waals surface area contributed by atoms with Crippen molar-refractivity contribution in [2.45, 2.75) is 26.4 Å². The molecule has 0 amide bonds. The van der Waals surface area contributed by atoms with Crippen LogP contribution in [0.5, 0.6) is 23.0 Å². The molecule has 0 aliphatic carbocycles. The van der Waals surface area contributed by atoms with Crippen LogP contribution in [0.15, 0.2) is 304 Å². The number of aryl methyl sites for hydroxylation is 1. The number of pyridine rings is 5. The van der Waals surface area contributed by atoms with Crippen molar-refractivity contribution in [2.24, 2.45) is 7.05 Å². The van der Waals surface area contributed by atoms with Crippen molar-refractivity contribution in [1.82, 2.24) is 49.3 Å². The summed E-state index contributed by atoms with van der Waals surface area (Å²) in [6.45, 7) is 2.07. The molecular weight excluding hydrogens is 1240 g/mol. The predicted molar refractivity (Wildman–Crippen MR) is 391 cm³/mol. The maximum Gasteiger partial charge on any atom is 0.164 e. The third kappa shape index (κ3) is 16.7. The van der Waals surface area contributed by atoms with Crippen LogP contribution >= 0.6 is 11.5 Å². The number of nitrogens with zero attached hydrogens (tertiary/aromatic N) is 9. The molecule has 19 heteroatoms. The largest absolute Gasteiger partial charge is 0.488 e. The molecule has 0 aliphatic heterocycles.